The van der Waals surface area contributed by atoms with Gasteiger partial charge in [-0.2, -0.15) is 0 Å². The van der Waals surface area contributed by atoms with Crippen LogP contribution in [0.25, 0.3) is 0 Å². The van der Waals surface area contributed by atoms with Crippen LogP contribution in [0.2, 0.25) is 0 Å². The van der Waals surface area contributed by atoms with Gasteiger partial charge in [0.05, 0.1) is 5.60 Å². The van der Waals surface area contributed by atoms with Crippen LogP contribution in [0.1, 0.15) is 43.6 Å². The van der Waals surface area contributed by atoms with Crippen molar-refractivity contribution in [2.24, 2.45) is 0 Å². The molecule has 146 valence electrons. The third kappa shape index (κ3) is 4.14. The van der Waals surface area contributed by atoms with Gasteiger partial charge in [0.2, 0.25) is 5.75 Å². The Labute approximate surface area is 158 Å². The summed E-state index contributed by atoms with van der Waals surface area (Å²) in [6.07, 6.45) is 6.10. The number of rotatable bonds is 4. The SMILES string of the molecule is CN(C)C[C@H](c1ccc(O)c2c1OC(=O)/C=C/C(=O)O2)C1(O)CCCCC1. The van der Waals surface area contributed by atoms with E-state index in [1.54, 1.807) is 6.07 Å². The minimum atomic E-state index is -0.970. The molecule has 1 fully saturated rings. The van der Waals surface area contributed by atoms with Gasteiger partial charge in [0.25, 0.3) is 0 Å². The molecule has 0 spiro atoms. The maximum absolute atomic E-state index is 12.0. The zero-order valence-corrected chi connectivity index (χ0v) is 15.6. The maximum Gasteiger partial charge on any atom is 0.336 e. The fourth-order valence-electron chi connectivity index (χ4n) is 3.89. The summed E-state index contributed by atoms with van der Waals surface area (Å²) >= 11 is 0. The van der Waals surface area contributed by atoms with Crippen molar-refractivity contribution in [3.63, 3.8) is 0 Å². The lowest BCUT2D eigenvalue weighted by molar-refractivity contribution is -0.133. The number of aromatic hydroxyl groups is 1. The third-order valence-electron chi connectivity index (χ3n) is 5.17. The largest absolute Gasteiger partial charge is 0.504 e. The monoisotopic (exact) mass is 375 g/mol. The second kappa shape index (κ2) is 7.70. The van der Waals surface area contributed by atoms with Crippen LogP contribution in [-0.2, 0) is 9.59 Å². The molecule has 0 saturated heterocycles. The molecule has 1 heterocycles. The van der Waals surface area contributed by atoms with Crippen molar-refractivity contribution in [2.75, 3.05) is 20.6 Å². The first-order valence-electron chi connectivity index (χ1n) is 9.15. The Bertz CT molecular complexity index is 764. The van der Waals surface area contributed by atoms with E-state index in [1.807, 2.05) is 19.0 Å². The van der Waals surface area contributed by atoms with Gasteiger partial charge in [-0.05, 0) is 33.0 Å². The fraction of sp³-hybridized carbons (Fsp3) is 0.500. The fourth-order valence-corrected chi connectivity index (χ4v) is 3.89. The zero-order valence-electron chi connectivity index (χ0n) is 15.6. The molecular formula is C20H25NO6. The number of likely N-dealkylation sites (N-methyl/N-ethyl adjacent to an activating group) is 1. The molecule has 2 N–H and O–H groups in total. The van der Waals surface area contributed by atoms with Crippen LogP contribution in [0, 0.1) is 0 Å². The van der Waals surface area contributed by atoms with Gasteiger partial charge in [-0.25, -0.2) is 9.59 Å². The summed E-state index contributed by atoms with van der Waals surface area (Å²) in [5, 5.41) is 21.6. The van der Waals surface area contributed by atoms with Crippen LogP contribution in [0.3, 0.4) is 0 Å². The molecule has 1 aliphatic carbocycles. The summed E-state index contributed by atoms with van der Waals surface area (Å²) in [5.74, 6) is -2.40. The van der Waals surface area contributed by atoms with E-state index < -0.39 is 17.5 Å². The van der Waals surface area contributed by atoms with Crippen LogP contribution >= 0.6 is 0 Å². The number of benzene rings is 1. The van der Waals surface area contributed by atoms with Gasteiger partial charge < -0.3 is 24.6 Å². The number of hydrogen-bond acceptors (Lipinski definition) is 7. The molecule has 3 rings (SSSR count). The summed E-state index contributed by atoms with van der Waals surface area (Å²) in [5.41, 5.74) is -0.431. The average molecular weight is 375 g/mol. The zero-order chi connectivity index (χ0) is 19.6. The number of ether oxygens (including phenoxy) is 2. The molecule has 0 radical (unpaired) electrons. The number of hydrogen-bond donors (Lipinski definition) is 2. The first kappa shape index (κ1) is 19.4. The van der Waals surface area contributed by atoms with Crippen molar-refractivity contribution in [1.82, 2.24) is 4.90 Å². The van der Waals surface area contributed by atoms with E-state index >= 15 is 0 Å². The Morgan fingerprint density at radius 2 is 1.63 bits per heavy atom. The smallest absolute Gasteiger partial charge is 0.336 e. The molecule has 2 aliphatic rings. The Balaban J connectivity index is 2.13. The van der Waals surface area contributed by atoms with Crippen molar-refractivity contribution in [3.05, 3.63) is 29.8 Å². The Kier molecular flexibility index (Phi) is 5.53. The van der Waals surface area contributed by atoms with Gasteiger partial charge in [-0.15, -0.1) is 0 Å². The van der Waals surface area contributed by atoms with Gasteiger partial charge in [0.15, 0.2) is 11.5 Å². The number of fused-ring (bicyclic) bond motifs is 1. The van der Waals surface area contributed by atoms with Crippen molar-refractivity contribution >= 4 is 11.9 Å². The maximum atomic E-state index is 12.0. The van der Waals surface area contributed by atoms with Gasteiger partial charge >= 0.3 is 11.9 Å². The molecular weight excluding hydrogens is 350 g/mol. The predicted octanol–water partition coefficient (Wildman–Crippen LogP) is 2.11. The summed E-state index contributed by atoms with van der Waals surface area (Å²) < 4.78 is 10.6. The molecule has 7 nitrogen and oxygen atoms in total. The number of carbonyl (C=O) groups excluding carboxylic acids is 2. The van der Waals surface area contributed by atoms with Crippen LogP contribution in [0.15, 0.2) is 24.3 Å². The van der Waals surface area contributed by atoms with E-state index in [0.717, 1.165) is 31.4 Å². The average Bonchev–Trinajstić information content (AvgIpc) is 2.61. The van der Waals surface area contributed by atoms with E-state index in [9.17, 15) is 19.8 Å². The molecule has 1 atom stereocenters. The van der Waals surface area contributed by atoms with Crippen LogP contribution in [-0.4, -0.2) is 53.3 Å². The Morgan fingerprint density at radius 1 is 1.04 bits per heavy atom. The van der Waals surface area contributed by atoms with E-state index in [2.05, 4.69) is 0 Å². The summed E-state index contributed by atoms with van der Waals surface area (Å²) in [6, 6.07) is 3.02. The van der Waals surface area contributed by atoms with Crippen LogP contribution in [0.5, 0.6) is 17.2 Å². The van der Waals surface area contributed by atoms with Crippen molar-refractivity contribution in [1.29, 1.82) is 0 Å². The standard InChI is InChI=1S/C20H25NO6/c1-21(2)12-14(20(25)10-4-3-5-11-20)13-6-7-15(22)19-18(13)26-16(23)8-9-17(24)27-19/h6-9,14,22,25H,3-5,10-12H2,1-2H3/b9-8+/t14-/m1/s1. The predicted molar refractivity (Wildman–Crippen MR) is 97.8 cm³/mol. The third-order valence-corrected chi connectivity index (χ3v) is 5.17. The molecule has 7 heteroatoms. The van der Waals surface area contributed by atoms with Gasteiger partial charge in [-0.1, -0.05) is 25.3 Å². The number of aliphatic hydroxyl groups is 1. The van der Waals surface area contributed by atoms with Gasteiger partial charge in [0.1, 0.15) is 0 Å². The van der Waals surface area contributed by atoms with E-state index in [-0.39, 0.29) is 23.2 Å². The Morgan fingerprint density at radius 3 is 2.22 bits per heavy atom. The quantitative estimate of drug-likeness (QED) is 0.615. The van der Waals surface area contributed by atoms with E-state index in [0.29, 0.717) is 24.9 Å². The lowest BCUT2D eigenvalue weighted by Gasteiger charge is -2.41. The lowest BCUT2D eigenvalue weighted by Crippen LogP contribution is -2.43. The second-order valence-corrected chi connectivity index (χ2v) is 7.49. The van der Waals surface area contributed by atoms with Gasteiger partial charge in [-0.3, -0.25) is 0 Å². The highest BCUT2D eigenvalue weighted by Gasteiger charge is 2.41. The van der Waals surface area contributed by atoms with E-state index in [1.165, 1.54) is 6.07 Å². The minimum absolute atomic E-state index is 0.0106. The van der Waals surface area contributed by atoms with Gasteiger partial charge in [0, 0.05) is 30.2 Å². The molecule has 0 bridgehead atoms. The Hall–Kier alpha value is -2.38. The number of phenolic OH excluding ortho intramolecular Hbond substituents is 1. The first-order valence-corrected chi connectivity index (χ1v) is 9.15. The van der Waals surface area contributed by atoms with Crippen LogP contribution < -0.4 is 9.47 Å². The number of nitrogens with zero attached hydrogens (tertiary/aromatic N) is 1. The van der Waals surface area contributed by atoms with Crippen molar-refractivity contribution < 1.29 is 29.3 Å². The first-order chi connectivity index (χ1) is 12.8. The highest BCUT2D eigenvalue weighted by Crippen LogP contribution is 2.48. The molecule has 1 aromatic rings. The van der Waals surface area contributed by atoms with E-state index in [4.69, 9.17) is 9.47 Å². The molecule has 1 aromatic carbocycles. The minimum Gasteiger partial charge on any atom is -0.504 e. The molecule has 0 amide bonds. The summed E-state index contributed by atoms with van der Waals surface area (Å²) in [6.45, 7) is 0.509. The number of phenols is 1. The molecule has 0 aromatic heterocycles. The highest BCUT2D eigenvalue weighted by atomic mass is 16.6. The van der Waals surface area contributed by atoms with Crippen molar-refractivity contribution in [3.8, 4) is 17.2 Å². The normalized spacial score (nSPS) is 21.5. The number of esters is 2. The molecule has 1 saturated carbocycles. The topological polar surface area (TPSA) is 96.3 Å². The molecule has 1 aliphatic heterocycles. The van der Waals surface area contributed by atoms with Crippen LogP contribution in [0.4, 0.5) is 0 Å². The second-order valence-electron chi connectivity index (χ2n) is 7.49. The lowest BCUT2D eigenvalue weighted by atomic mass is 9.72. The highest BCUT2D eigenvalue weighted by molar-refractivity contribution is 5.95. The molecule has 0 unspecified atom stereocenters. The summed E-state index contributed by atoms with van der Waals surface area (Å²) in [4.78, 5) is 25.8. The summed E-state index contributed by atoms with van der Waals surface area (Å²) in [7, 11) is 3.80. The molecule has 27 heavy (non-hydrogen) atoms. The van der Waals surface area contributed by atoms with Crippen molar-refractivity contribution in [2.45, 2.75) is 43.6 Å². The number of carbonyl (C=O) groups is 2.